The fourth-order valence-corrected chi connectivity index (χ4v) is 4.37. The zero-order valence-corrected chi connectivity index (χ0v) is 19.4. The Morgan fingerprint density at radius 1 is 1.09 bits per heavy atom. The van der Waals surface area contributed by atoms with Crippen molar-refractivity contribution < 1.29 is 9.53 Å². The highest BCUT2D eigenvalue weighted by Crippen LogP contribution is 2.31. The van der Waals surface area contributed by atoms with Crippen LogP contribution in [0.4, 0.5) is 22.2 Å². The van der Waals surface area contributed by atoms with Gasteiger partial charge in [0.25, 0.3) is 5.91 Å². The van der Waals surface area contributed by atoms with Gasteiger partial charge >= 0.3 is 0 Å². The first kappa shape index (κ1) is 21.5. The largest absolute Gasteiger partial charge is 0.497 e. The lowest BCUT2D eigenvalue weighted by atomic mass is 10.2. The molecule has 0 fully saturated rings. The summed E-state index contributed by atoms with van der Waals surface area (Å²) in [4.78, 5) is 21.9. The van der Waals surface area contributed by atoms with E-state index in [0.717, 1.165) is 39.3 Å². The molecule has 5 rings (SSSR count). The van der Waals surface area contributed by atoms with E-state index in [4.69, 9.17) is 15.5 Å². The van der Waals surface area contributed by atoms with E-state index in [1.165, 1.54) is 11.3 Å². The number of hydrogen-bond donors (Lipinski definition) is 3. The van der Waals surface area contributed by atoms with Gasteiger partial charge in [-0.05, 0) is 49.4 Å². The summed E-state index contributed by atoms with van der Waals surface area (Å²) >= 11 is 1.50. The third-order valence-corrected chi connectivity index (χ3v) is 6.12. The lowest BCUT2D eigenvalue weighted by Gasteiger charge is -2.08. The molecule has 34 heavy (non-hydrogen) atoms. The van der Waals surface area contributed by atoms with Gasteiger partial charge < -0.3 is 21.1 Å². The molecule has 3 aromatic heterocycles. The Morgan fingerprint density at radius 3 is 2.65 bits per heavy atom. The second-order valence-corrected chi connectivity index (χ2v) is 8.48. The summed E-state index contributed by atoms with van der Waals surface area (Å²) in [5, 5.41) is 8.87. The van der Waals surface area contributed by atoms with E-state index in [1.54, 1.807) is 31.4 Å². The molecule has 0 saturated heterocycles. The predicted molar refractivity (Wildman–Crippen MR) is 136 cm³/mol. The number of carbonyl (C=O) groups excluding carboxylic acids is 1. The van der Waals surface area contributed by atoms with Crippen LogP contribution in [0.2, 0.25) is 0 Å². The maximum atomic E-state index is 12.5. The molecule has 0 unspecified atom stereocenters. The van der Waals surface area contributed by atoms with E-state index in [9.17, 15) is 4.79 Å². The minimum absolute atomic E-state index is 0.222. The predicted octanol–water partition coefficient (Wildman–Crippen LogP) is 5.35. The summed E-state index contributed by atoms with van der Waals surface area (Å²) < 4.78 is 7.30. The van der Waals surface area contributed by atoms with Gasteiger partial charge in [0.15, 0.2) is 5.13 Å². The summed E-state index contributed by atoms with van der Waals surface area (Å²) in [6.45, 7) is 1.97. The van der Waals surface area contributed by atoms with Crippen molar-refractivity contribution in [2.75, 3.05) is 23.5 Å². The number of imidazole rings is 1. The Balaban J connectivity index is 1.31. The summed E-state index contributed by atoms with van der Waals surface area (Å²) in [6.07, 6.45) is 1.93. The standard InChI is InChI=1S/C25H22N6O2S/c1-15-23(31-12-11-18(33-2)13-22(31)27-15)21-14-34-25(30-21)28-17-9-7-16(8-10-17)24(32)29-20-6-4-3-5-19(20)26/h3-14H,26H2,1-2H3,(H,28,30)(H,29,32). The third kappa shape index (κ3) is 4.16. The summed E-state index contributed by atoms with van der Waals surface area (Å²) in [5.41, 5.74) is 11.8. The van der Waals surface area contributed by atoms with Gasteiger partial charge in [0.1, 0.15) is 17.1 Å². The average Bonchev–Trinajstić information content (AvgIpc) is 3.43. The topological polar surface area (TPSA) is 107 Å². The molecule has 0 saturated carbocycles. The number of nitrogens with one attached hydrogen (secondary N) is 2. The zero-order chi connectivity index (χ0) is 23.7. The molecule has 4 N–H and O–H groups in total. The molecule has 3 heterocycles. The maximum absolute atomic E-state index is 12.5. The first-order valence-corrected chi connectivity index (χ1v) is 11.4. The number of thiazole rings is 1. The molecule has 0 aliphatic heterocycles. The maximum Gasteiger partial charge on any atom is 0.255 e. The number of fused-ring (bicyclic) bond motifs is 1. The average molecular weight is 471 g/mol. The number of rotatable bonds is 6. The Bertz CT molecular complexity index is 1490. The number of nitrogens with two attached hydrogens (primary N) is 1. The van der Waals surface area contributed by atoms with Gasteiger partial charge in [0.05, 0.1) is 29.9 Å². The number of hydrogen-bond acceptors (Lipinski definition) is 7. The van der Waals surface area contributed by atoms with E-state index < -0.39 is 0 Å². The molecule has 8 nitrogen and oxygen atoms in total. The normalized spacial score (nSPS) is 10.9. The molecular weight excluding hydrogens is 448 g/mol. The van der Waals surface area contributed by atoms with E-state index in [-0.39, 0.29) is 5.91 Å². The molecule has 9 heteroatoms. The number of carbonyl (C=O) groups is 1. The number of para-hydroxylation sites is 2. The number of amides is 1. The van der Waals surface area contributed by atoms with Crippen molar-refractivity contribution in [2.24, 2.45) is 0 Å². The second-order valence-electron chi connectivity index (χ2n) is 7.62. The number of nitrogen functional groups attached to an aromatic ring is 1. The minimum atomic E-state index is -0.222. The van der Waals surface area contributed by atoms with Crippen molar-refractivity contribution in [3.8, 4) is 17.1 Å². The molecule has 0 aliphatic rings. The fraction of sp³-hybridized carbons (Fsp3) is 0.0800. The van der Waals surface area contributed by atoms with Gasteiger partial charge in [-0.15, -0.1) is 11.3 Å². The van der Waals surface area contributed by atoms with Gasteiger partial charge in [-0.2, -0.15) is 0 Å². The van der Waals surface area contributed by atoms with Crippen molar-refractivity contribution in [1.82, 2.24) is 14.4 Å². The minimum Gasteiger partial charge on any atom is -0.497 e. The van der Waals surface area contributed by atoms with Gasteiger partial charge in [-0.25, -0.2) is 9.97 Å². The van der Waals surface area contributed by atoms with Crippen LogP contribution in [0, 0.1) is 6.92 Å². The van der Waals surface area contributed by atoms with Crippen LogP contribution in [0.15, 0.2) is 72.2 Å². The SMILES string of the molecule is COc1ccn2c(-c3csc(Nc4ccc(C(=O)Nc5ccccc5N)cc4)n3)c(C)nc2c1. The van der Waals surface area contributed by atoms with Gasteiger partial charge in [0, 0.05) is 28.9 Å². The van der Waals surface area contributed by atoms with Gasteiger partial charge in [-0.1, -0.05) is 12.1 Å². The molecule has 2 aromatic carbocycles. The number of nitrogens with zero attached hydrogens (tertiary/aromatic N) is 3. The highest BCUT2D eigenvalue weighted by Gasteiger charge is 2.15. The molecule has 0 radical (unpaired) electrons. The quantitative estimate of drug-likeness (QED) is 0.289. The summed E-state index contributed by atoms with van der Waals surface area (Å²) in [6, 6.07) is 18.2. The zero-order valence-electron chi connectivity index (χ0n) is 18.6. The smallest absolute Gasteiger partial charge is 0.255 e. The van der Waals surface area contributed by atoms with Crippen LogP contribution in [-0.4, -0.2) is 27.4 Å². The molecule has 0 atom stereocenters. The van der Waals surface area contributed by atoms with Gasteiger partial charge in [0.2, 0.25) is 0 Å². The second kappa shape index (κ2) is 8.87. The van der Waals surface area contributed by atoms with Crippen molar-refractivity contribution in [2.45, 2.75) is 6.92 Å². The monoisotopic (exact) mass is 470 g/mol. The van der Waals surface area contributed by atoms with Crippen LogP contribution in [0.25, 0.3) is 17.0 Å². The van der Waals surface area contributed by atoms with Crippen molar-refractivity contribution in [1.29, 1.82) is 0 Å². The van der Waals surface area contributed by atoms with Crippen LogP contribution >= 0.6 is 11.3 Å². The molecule has 170 valence electrons. The number of pyridine rings is 1. The lowest BCUT2D eigenvalue weighted by molar-refractivity contribution is 0.102. The Morgan fingerprint density at radius 2 is 1.88 bits per heavy atom. The number of anilines is 4. The lowest BCUT2D eigenvalue weighted by Crippen LogP contribution is -2.13. The summed E-state index contributed by atoms with van der Waals surface area (Å²) in [5.74, 6) is 0.537. The van der Waals surface area contributed by atoms with E-state index in [2.05, 4.69) is 15.6 Å². The first-order chi connectivity index (χ1) is 16.5. The third-order valence-electron chi connectivity index (χ3n) is 5.36. The van der Waals surface area contributed by atoms with Crippen LogP contribution in [0.5, 0.6) is 5.75 Å². The first-order valence-electron chi connectivity index (χ1n) is 10.5. The number of aryl methyl sites for hydroxylation is 1. The molecule has 0 bridgehead atoms. The Kier molecular flexibility index (Phi) is 5.60. The Hall–Kier alpha value is -4.37. The van der Waals surface area contributed by atoms with Crippen molar-refractivity contribution in [3.63, 3.8) is 0 Å². The number of aromatic nitrogens is 3. The van der Waals surface area contributed by atoms with Crippen LogP contribution in [0.1, 0.15) is 16.1 Å². The number of methoxy groups -OCH3 is 1. The molecule has 1 amide bonds. The van der Waals surface area contributed by atoms with Crippen LogP contribution in [-0.2, 0) is 0 Å². The van der Waals surface area contributed by atoms with E-state index >= 15 is 0 Å². The van der Waals surface area contributed by atoms with E-state index in [0.29, 0.717) is 16.9 Å². The fourth-order valence-electron chi connectivity index (χ4n) is 3.65. The number of ether oxygens (including phenoxy) is 1. The number of benzene rings is 2. The highest BCUT2D eigenvalue weighted by atomic mass is 32.1. The van der Waals surface area contributed by atoms with Gasteiger partial charge in [-0.3, -0.25) is 9.20 Å². The van der Waals surface area contributed by atoms with E-state index in [1.807, 2.05) is 59.3 Å². The Labute approximate surface area is 200 Å². The van der Waals surface area contributed by atoms with Crippen LogP contribution in [0.3, 0.4) is 0 Å². The summed E-state index contributed by atoms with van der Waals surface area (Å²) in [7, 11) is 1.64. The molecular formula is C25H22N6O2S. The van der Waals surface area contributed by atoms with Crippen LogP contribution < -0.4 is 21.1 Å². The molecule has 0 spiro atoms. The van der Waals surface area contributed by atoms with Crippen molar-refractivity contribution >= 4 is 45.1 Å². The highest BCUT2D eigenvalue weighted by molar-refractivity contribution is 7.14. The molecule has 0 aliphatic carbocycles. The molecule has 5 aromatic rings. The van der Waals surface area contributed by atoms with Crippen molar-refractivity contribution in [3.05, 3.63) is 83.5 Å².